The van der Waals surface area contributed by atoms with Gasteiger partial charge in [0, 0.05) is 6.20 Å². The van der Waals surface area contributed by atoms with Crippen LogP contribution in [0, 0.1) is 0 Å². The van der Waals surface area contributed by atoms with Crippen molar-refractivity contribution in [1.82, 2.24) is 10.6 Å². The van der Waals surface area contributed by atoms with Crippen LogP contribution in [0.3, 0.4) is 0 Å². The zero-order valence-electron chi connectivity index (χ0n) is 5.29. The molecule has 0 aliphatic carbocycles. The molecule has 5 nitrogen and oxygen atoms in total. The zero-order chi connectivity index (χ0) is 7.61. The molecule has 1 aliphatic heterocycles. The molecule has 0 bridgehead atoms. The van der Waals surface area contributed by atoms with Crippen molar-refractivity contribution in [2.75, 3.05) is 6.61 Å². The molecule has 2 amide bonds. The fraction of sp³-hybridized carbons (Fsp3) is 0.400. The smallest absolute Gasteiger partial charge is 0.320 e. The van der Waals surface area contributed by atoms with E-state index in [1.807, 2.05) is 0 Å². The van der Waals surface area contributed by atoms with Crippen LogP contribution in [-0.4, -0.2) is 23.4 Å². The SMILES string of the molecule is NC1(CO)C=CNC(=O)N1. The molecule has 1 atom stereocenters. The van der Waals surface area contributed by atoms with E-state index in [0.717, 1.165) is 0 Å². The molecule has 0 saturated carbocycles. The molecule has 0 aromatic rings. The van der Waals surface area contributed by atoms with E-state index < -0.39 is 11.7 Å². The number of aliphatic hydroxyl groups excluding tert-OH is 1. The van der Waals surface area contributed by atoms with Crippen molar-refractivity contribution >= 4 is 6.03 Å². The predicted molar refractivity (Wildman–Crippen MR) is 34.8 cm³/mol. The molecule has 1 aliphatic rings. The van der Waals surface area contributed by atoms with Crippen molar-refractivity contribution in [3.05, 3.63) is 12.3 Å². The highest BCUT2D eigenvalue weighted by Crippen LogP contribution is 1.98. The molecule has 0 radical (unpaired) electrons. The lowest BCUT2D eigenvalue weighted by molar-refractivity contribution is 0.187. The average Bonchev–Trinajstić information content (AvgIpc) is 1.88. The first kappa shape index (κ1) is 7.04. The molecule has 56 valence electrons. The van der Waals surface area contributed by atoms with Crippen LogP contribution in [-0.2, 0) is 0 Å². The van der Waals surface area contributed by atoms with Crippen LogP contribution in [0.2, 0.25) is 0 Å². The quantitative estimate of drug-likeness (QED) is 0.359. The number of urea groups is 1. The van der Waals surface area contributed by atoms with Gasteiger partial charge in [-0.1, -0.05) is 0 Å². The van der Waals surface area contributed by atoms with Gasteiger partial charge in [0.2, 0.25) is 0 Å². The number of carbonyl (C=O) groups is 1. The van der Waals surface area contributed by atoms with Gasteiger partial charge in [-0.15, -0.1) is 0 Å². The molecule has 5 heteroatoms. The summed E-state index contributed by atoms with van der Waals surface area (Å²) < 4.78 is 0. The molecule has 1 rings (SSSR count). The van der Waals surface area contributed by atoms with Gasteiger partial charge in [0.25, 0.3) is 0 Å². The maximum Gasteiger partial charge on any atom is 0.320 e. The Hall–Kier alpha value is -1.07. The molecule has 10 heavy (non-hydrogen) atoms. The monoisotopic (exact) mass is 143 g/mol. The predicted octanol–water partition coefficient (Wildman–Crippen LogP) is -1.54. The Balaban J connectivity index is 2.71. The summed E-state index contributed by atoms with van der Waals surface area (Å²) in [6.07, 6.45) is 2.88. The van der Waals surface area contributed by atoms with Gasteiger partial charge in [0.15, 0.2) is 0 Å². The summed E-state index contributed by atoms with van der Waals surface area (Å²) in [5, 5.41) is 13.3. The Morgan fingerprint density at radius 1 is 1.80 bits per heavy atom. The Labute approximate surface area is 57.9 Å². The normalized spacial score (nSPS) is 31.2. The summed E-state index contributed by atoms with van der Waals surface area (Å²) in [6, 6.07) is -0.404. The first-order chi connectivity index (χ1) is 4.66. The highest BCUT2D eigenvalue weighted by atomic mass is 16.3. The summed E-state index contributed by atoms with van der Waals surface area (Å²) >= 11 is 0. The van der Waals surface area contributed by atoms with E-state index in [2.05, 4.69) is 10.6 Å². The molecule has 0 aromatic heterocycles. The van der Waals surface area contributed by atoms with Crippen molar-refractivity contribution in [2.45, 2.75) is 5.66 Å². The van der Waals surface area contributed by atoms with Gasteiger partial charge >= 0.3 is 6.03 Å². The Morgan fingerprint density at radius 3 is 2.90 bits per heavy atom. The number of hydrogen-bond donors (Lipinski definition) is 4. The molecule has 0 spiro atoms. The van der Waals surface area contributed by atoms with Crippen LogP contribution in [0.25, 0.3) is 0 Å². The number of rotatable bonds is 1. The number of aliphatic hydroxyl groups is 1. The van der Waals surface area contributed by atoms with E-state index in [1.165, 1.54) is 12.3 Å². The van der Waals surface area contributed by atoms with E-state index in [1.54, 1.807) is 0 Å². The number of nitrogens with two attached hydrogens (primary N) is 1. The molecule has 0 fully saturated rings. The first-order valence-corrected chi connectivity index (χ1v) is 2.82. The molecule has 0 saturated heterocycles. The second kappa shape index (κ2) is 2.28. The van der Waals surface area contributed by atoms with E-state index in [4.69, 9.17) is 10.8 Å². The summed E-state index contributed by atoms with van der Waals surface area (Å²) in [4.78, 5) is 10.6. The van der Waals surface area contributed by atoms with E-state index >= 15 is 0 Å². The fourth-order valence-electron chi connectivity index (χ4n) is 0.647. The van der Waals surface area contributed by atoms with Gasteiger partial charge in [0.1, 0.15) is 5.66 Å². The largest absolute Gasteiger partial charge is 0.392 e. The maximum absolute atomic E-state index is 10.6. The standard InChI is InChI=1S/C5H9N3O2/c6-5(3-9)1-2-7-4(10)8-5/h1-2,9H,3,6H2,(H2,7,8,10). The number of amides is 2. The number of nitrogens with one attached hydrogen (secondary N) is 2. The van der Waals surface area contributed by atoms with E-state index in [0.29, 0.717) is 0 Å². The van der Waals surface area contributed by atoms with Gasteiger partial charge < -0.3 is 21.5 Å². The molecule has 1 unspecified atom stereocenters. The molecular weight excluding hydrogens is 134 g/mol. The van der Waals surface area contributed by atoms with Crippen LogP contribution in [0.1, 0.15) is 0 Å². The lowest BCUT2D eigenvalue weighted by atomic mass is 10.2. The zero-order valence-corrected chi connectivity index (χ0v) is 5.29. The van der Waals surface area contributed by atoms with Gasteiger partial charge in [-0.25, -0.2) is 4.79 Å². The first-order valence-electron chi connectivity index (χ1n) is 2.82. The third kappa shape index (κ3) is 1.26. The van der Waals surface area contributed by atoms with Gasteiger partial charge in [-0.05, 0) is 6.08 Å². The summed E-state index contributed by atoms with van der Waals surface area (Å²) in [5.41, 5.74) is 4.35. The third-order valence-electron chi connectivity index (χ3n) is 1.20. The summed E-state index contributed by atoms with van der Waals surface area (Å²) in [7, 11) is 0. The van der Waals surface area contributed by atoms with Crippen molar-refractivity contribution in [2.24, 2.45) is 5.73 Å². The lowest BCUT2D eigenvalue weighted by Gasteiger charge is -2.27. The number of carbonyl (C=O) groups excluding carboxylic acids is 1. The highest BCUT2D eigenvalue weighted by molar-refractivity contribution is 5.77. The van der Waals surface area contributed by atoms with E-state index in [-0.39, 0.29) is 6.61 Å². The van der Waals surface area contributed by atoms with Crippen LogP contribution in [0.15, 0.2) is 12.3 Å². The van der Waals surface area contributed by atoms with Gasteiger partial charge in [-0.2, -0.15) is 0 Å². The molecule has 1 heterocycles. The summed E-state index contributed by atoms with van der Waals surface area (Å²) in [6.45, 7) is -0.309. The second-order valence-electron chi connectivity index (χ2n) is 2.13. The van der Waals surface area contributed by atoms with E-state index in [9.17, 15) is 4.79 Å². The second-order valence-corrected chi connectivity index (χ2v) is 2.13. The fourth-order valence-corrected chi connectivity index (χ4v) is 0.647. The van der Waals surface area contributed by atoms with Crippen LogP contribution in [0.4, 0.5) is 4.79 Å². The maximum atomic E-state index is 10.6. The molecular formula is C5H9N3O2. The van der Waals surface area contributed by atoms with Crippen LogP contribution >= 0.6 is 0 Å². The third-order valence-corrected chi connectivity index (χ3v) is 1.20. The van der Waals surface area contributed by atoms with Crippen molar-refractivity contribution < 1.29 is 9.90 Å². The Kier molecular flexibility index (Phi) is 1.60. The van der Waals surface area contributed by atoms with Gasteiger partial charge in [-0.3, -0.25) is 0 Å². The van der Waals surface area contributed by atoms with Crippen LogP contribution in [0.5, 0.6) is 0 Å². The molecule has 5 N–H and O–H groups in total. The Bertz CT molecular complexity index is 180. The Morgan fingerprint density at radius 2 is 2.50 bits per heavy atom. The summed E-state index contributed by atoms with van der Waals surface area (Å²) in [5.74, 6) is 0. The minimum Gasteiger partial charge on any atom is -0.392 e. The minimum atomic E-state index is -1.09. The van der Waals surface area contributed by atoms with Crippen molar-refractivity contribution in [1.29, 1.82) is 0 Å². The minimum absolute atomic E-state index is 0.309. The average molecular weight is 143 g/mol. The lowest BCUT2D eigenvalue weighted by Crippen LogP contribution is -2.61. The van der Waals surface area contributed by atoms with Crippen LogP contribution < -0.4 is 16.4 Å². The van der Waals surface area contributed by atoms with Crippen molar-refractivity contribution in [3.8, 4) is 0 Å². The van der Waals surface area contributed by atoms with Gasteiger partial charge in [0.05, 0.1) is 6.61 Å². The number of hydrogen-bond acceptors (Lipinski definition) is 3. The highest BCUT2D eigenvalue weighted by Gasteiger charge is 2.25. The topological polar surface area (TPSA) is 87.4 Å². The van der Waals surface area contributed by atoms with Crippen molar-refractivity contribution in [3.63, 3.8) is 0 Å². The molecule has 0 aromatic carbocycles.